The van der Waals surface area contributed by atoms with Gasteiger partial charge in [0.2, 0.25) is 0 Å². The van der Waals surface area contributed by atoms with Crippen molar-refractivity contribution in [2.45, 2.75) is 89.6 Å². The molecule has 19 heavy (non-hydrogen) atoms. The van der Waals surface area contributed by atoms with Gasteiger partial charge in [0.25, 0.3) is 0 Å². The fraction of sp³-hybridized carbons (Fsp3) is 1.00. The first-order chi connectivity index (χ1) is 9.11. The Labute approximate surface area is 120 Å². The Balaban J connectivity index is 2.04. The highest BCUT2D eigenvalue weighted by molar-refractivity contribution is 5.01. The van der Waals surface area contributed by atoms with Crippen LogP contribution in [0.15, 0.2) is 0 Å². The second kappa shape index (κ2) is 6.13. The smallest absolute Gasteiger partial charge is 0.0332 e. The molecule has 2 aliphatic carbocycles. The standard InChI is InChI=1S/C17H34N2/c1-4-15(5-2)19(3)17(14-18)12-10-16(11-13-17)8-6-7-9-16/h15H,4-14,18H2,1-3H3. The van der Waals surface area contributed by atoms with Crippen molar-refractivity contribution in [2.75, 3.05) is 13.6 Å². The highest BCUT2D eigenvalue weighted by atomic mass is 15.2. The van der Waals surface area contributed by atoms with E-state index in [-0.39, 0.29) is 0 Å². The van der Waals surface area contributed by atoms with E-state index < -0.39 is 0 Å². The lowest BCUT2D eigenvalue weighted by molar-refractivity contribution is 0.00236. The van der Waals surface area contributed by atoms with E-state index >= 15 is 0 Å². The van der Waals surface area contributed by atoms with Crippen LogP contribution in [0.2, 0.25) is 0 Å². The second-order valence-electron chi connectivity index (χ2n) is 7.22. The first kappa shape index (κ1) is 15.3. The average Bonchev–Trinajstić information content (AvgIpc) is 2.90. The van der Waals surface area contributed by atoms with Gasteiger partial charge in [0.15, 0.2) is 0 Å². The second-order valence-corrected chi connectivity index (χ2v) is 7.22. The molecule has 0 heterocycles. The third kappa shape index (κ3) is 2.85. The summed E-state index contributed by atoms with van der Waals surface area (Å²) < 4.78 is 0. The lowest BCUT2D eigenvalue weighted by atomic mass is 9.65. The summed E-state index contributed by atoms with van der Waals surface area (Å²) in [6.07, 6.45) is 13.9. The summed E-state index contributed by atoms with van der Waals surface area (Å²) in [4.78, 5) is 2.65. The number of nitrogens with zero attached hydrogens (tertiary/aromatic N) is 1. The molecule has 2 fully saturated rings. The lowest BCUT2D eigenvalue weighted by Gasteiger charge is -2.51. The van der Waals surface area contributed by atoms with Gasteiger partial charge in [-0.05, 0) is 63.8 Å². The SMILES string of the molecule is CCC(CC)N(C)C1(CN)CCC2(CCCC2)CC1. The van der Waals surface area contributed by atoms with E-state index in [2.05, 4.69) is 25.8 Å². The van der Waals surface area contributed by atoms with Crippen molar-refractivity contribution in [3.05, 3.63) is 0 Å². The number of rotatable bonds is 5. The van der Waals surface area contributed by atoms with Crippen LogP contribution in [0.4, 0.5) is 0 Å². The molecule has 0 radical (unpaired) electrons. The van der Waals surface area contributed by atoms with Gasteiger partial charge in [-0.2, -0.15) is 0 Å². The van der Waals surface area contributed by atoms with Crippen molar-refractivity contribution in [3.63, 3.8) is 0 Å². The molecule has 2 saturated carbocycles. The summed E-state index contributed by atoms with van der Waals surface area (Å²) in [5, 5.41) is 0. The van der Waals surface area contributed by atoms with Gasteiger partial charge in [0.05, 0.1) is 0 Å². The maximum atomic E-state index is 6.23. The van der Waals surface area contributed by atoms with Crippen LogP contribution < -0.4 is 5.73 Å². The van der Waals surface area contributed by atoms with Crippen LogP contribution in [-0.2, 0) is 0 Å². The summed E-state index contributed by atoms with van der Waals surface area (Å²) in [5.41, 5.74) is 7.24. The summed E-state index contributed by atoms with van der Waals surface area (Å²) in [7, 11) is 2.33. The Morgan fingerprint density at radius 1 is 0.947 bits per heavy atom. The molecule has 2 aliphatic rings. The molecule has 2 nitrogen and oxygen atoms in total. The first-order valence-electron chi connectivity index (χ1n) is 8.54. The van der Waals surface area contributed by atoms with Crippen molar-refractivity contribution in [1.82, 2.24) is 4.90 Å². The predicted molar refractivity (Wildman–Crippen MR) is 83.3 cm³/mol. The van der Waals surface area contributed by atoms with Crippen molar-refractivity contribution in [3.8, 4) is 0 Å². The molecule has 0 atom stereocenters. The monoisotopic (exact) mass is 266 g/mol. The predicted octanol–water partition coefficient (Wildman–Crippen LogP) is 3.94. The van der Waals surface area contributed by atoms with Gasteiger partial charge in [-0.25, -0.2) is 0 Å². The summed E-state index contributed by atoms with van der Waals surface area (Å²) in [6, 6.07) is 0.709. The fourth-order valence-electron chi connectivity index (χ4n) is 4.80. The Morgan fingerprint density at radius 2 is 1.47 bits per heavy atom. The number of nitrogens with two attached hydrogens (primary N) is 1. The molecule has 112 valence electrons. The Bertz CT molecular complexity index is 267. The Hall–Kier alpha value is -0.0800. The minimum atomic E-state index is 0.296. The lowest BCUT2D eigenvalue weighted by Crippen LogP contribution is -2.58. The zero-order valence-electron chi connectivity index (χ0n) is 13.4. The molecular weight excluding hydrogens is 232 g/mol. The molecule has 0 unspecified atom stereocenters. The van der Waals surface area contributed by atoms with Crippen molar-refractivity contribution >= 4 is 0 Å². The molecule has 2 rings (SSSR count). The van der Waals surface area contributed by atoms with Gasteiger partial charge in [-0.1, -0.05) is 26.7 Å². The van der Waals surface area contributed by atoms with Crippen molar-refractivity contribution < 1.29 is 0 Å². The topological polar surface area (TPSA) is 29.3 Å². The van der Waals surface area contributed by atoms with Crippen molar-refractivity contribution in [1.29, 1.82) is 0 Å². The van der Waals surface area contributed by atoms with Crippen LogP contribution in [0.5, 0.6) is 0 Å². The third-order valence-electron chi connectivity index (χ3n) is 6.52. The van der Waals surface area contributed by atoms with Gasteiger partial charge in [-0.3, -0.25) is 4.90 Å². The maximum absolute atomic E-state index is 6.23. The number of likely N-dealkylation sites (N-methyl/N-ethyl adjacent to an activating group) is 1. The molecule has 1 spiro atoms. The minimum absolute atomic E-state index is 0.296. The summed E-state index contributed by atoms with van der Waals surface area (Å²) >= 11 is 0. The quantitative estimate of drug-likeness (QED) is 0.816. The van der Waals surface area contributed by atoms with E-state index in [4.69, 9.17) is 5.73 Å². The molecule has 0 amide bonds. The largest absolute Gasteiger partial charge is 0.329 e. The molecule has 0 aliphatic heterocycles. The van der Waals surface area contributed by atoms with Gasteiger partial charge in [0, 0.05) is 18.1 Å². The fourth-order valence-corrected chi connectivity index (χ4v) is 4.80. The van der Waals surface area contributed by atoms with Gasteiger partial charge < -0.3 is 5.73 Å². The highest BCUT2D eigenvalue weighted by Gasteiger charge is 2.45. The van der Waals surface area contributed by atoms with E-state index in [0.29, 0.717) is 17.0 Å². The van der Waals surface area contributed by atoms with Crippen LogP contribution in [0.1, 0.15) is 78.1 Å². The van der Waals surface area contributed by atoms with Crippen LogP contribution >= 0.6 is 0 Å². The van der Waals surface area contributed by atoms with E-state index in [1.54, 1.807) is 0 Å². The summed E-state index contributed by atoms with van der Waals surface area (Å²) in [6.45, 7) is 5.47. The third-order valence-corrected chi connectivity index (χ3v) is 6.52. The summed E-state index contributed by atoms with van der Waals surface area (Å²) in [5.74, 6) is 0. The van der Waals surface area contributed by atoms with Crippen LogP contribution in [0.3, 0.4) is 0 Å². The normalized spacial score (nSPS) is 25.6. The molecule has 2 N–H and O–H groups in total. The highest BCUT2D eigenvalue weighted by Crippen LogP contribution is 2.52. The van der Waals surface area contributed by atoms with E-state index in [9.17, 15) is 0 Å². The first-order valence-corrected chi connectivity index (χ1v) is 8.54. The average molecular weight is 266 g/mol. The van der Waals surface area contributed by atoms with E-state index in [1.807, 2.05) is 0 Å². The molecule has 0 aromatic rings. The number of hydrogen-bond acceptors (Lipinski definition) is 2. The minimum Gasteiger partial charge on any atom is -0.329 e. The van der Waals surface area contributed by atoms with Crippen LogP contribution in [0, 0.1) is 5.41 Å². The van der Waals surface area contributed by atoms with Crippen LogP contribution in [0.25, 0.3) is 0 Å². The zero-order chi connectivity index (χ0) is 13.9. The molecule has 0 saturated heterocycles. The molecule has 0 aromatic heterocycles. The molecule has 0 aromatic carbocycles. The molecule has 2 heteroatoms. The van der Waals surface area contributed by atoms with Crippen molar-refractivity contribution in [2.24, 2.45) is 11.1 Å². The van der Waals surface area contributed by atoms with E-state index in [0.717, 1.165) is 6.54 Å². The number of hydrogen-bond donors (Lipinski definition) is 1. The van der Waals surface area contributed by atoms with E-state index in [1.165, 1.54) is 64.2 Å². The molecule has 0 bridgehead atoms. The van der Waals surface area contributed by atoms with Gasteiger partial charge >= 0.3 is 0 Å². The molecular formula is C17H34N2. The van der Waals surface area contributed by atoms with Gasteiger partial charge in [-0.15, -0.1) is 0 Å². The van der Waals surface area contributed by atoms with Crippen LogP contribution in [-0.4, -0.2) is 30.1 Å². The van der Waals surface area contributed by atoms with Gasteiger partial charge in [0.1, 0.15) is 0 Å². The zero-order valence-corrected chi connectivity index (χ0v) is 13.4. The Morgan fingerprint density at radius 3 is 1.89 bits per heavy atom. The maximum Gasteiger partial charge on any atom is 0.0332 e. The Kier molecular flexibility index (Phi) is 4.94.